The van der Waals surface area contributed by atoms with Gasteiger partial charge in [0, 0.05) is 24.4 Å². The third-order valence-corrected chi connectivity index (χ3v) is 4.11. The van der Waals surface area contributed by atoms with E-state index in [0.29, 0.717) is 11.4 Å². The number of carbonyl (C=O) groups is 1. The van der Waals surface area contributed by atoms with Gasteiger partial charge in [-0.05, 0) is 26.0 Å². The topological polar surface area (TPSA) is 51.7 Å². The van der Waals surface area contributed by atoms with E-state index < -0.39 is 24.3 Å². The number of nitrogens with zero attached hydrogens (tertiary/aromatic N) is 2. The molecular weight excluding hydrogens is 361 g/mol. The van der Waals surface area contributed by atoms with Crippen molar-refractivity contribution in [3.63, 3.8) is 0 Å². The Kier molecular flexibility index (Phi) is 6.30. The van der Waals surface area contributed by atoms with Crippen molar-refractivity contribution in [2.75, 3.05) is 20.8 Å². The van der Waals surface area contributed by atoms with Crippen LogP contribution < -0.4 is 9.47 Å². The molecule has 2 aromatic rings. The Labute approximate surface area is 155 Å². The van der Waals surface area contributed by atoms with Crippen LogP contribution in [-0.2, 0) is 17.5 Å². The van der Waals surface area contributed by atoms with Crippen LogP contribution in [0, 0.1) is 13.8 Å². The zero-order valence-corrected chi connectivity index (χ0v) is 15.6. The lowest BCUT2D eigenvalue weighted by molar-refractivity contribution is -0.140. The summed E-state index contributed by atoms with van der Waals surface area (Å²) in [7, 11) is 3.09. The van der Waals surface area contributed by atoms with Gasteiger partial charge in [-0.25, -0.2) is 0 Å². The van der Waals surface area contributed by atoms with Crippen LogP contribution in [-0.4, -0.2) is 36.6 Å². The average Bonchev–Trinajstić information content (AvgIpc) is 2.62. The molecule has 0 aliphatic carbocycles. The van der Waals surface area contributed by atoms with E-state index in [-0.39, 0.29) is 12.3 Å². The standard InChI is InChI=1S/C19H21F3N2O3/c1-12-9-23-15(13(2)18(12)26-4)10-24(3)17(25)11-27-16-8-6-5-7-14(16)19(20,21)22/h5-9H,10-11H2,1-4H3. The van der Waals surface area contributed by atoms with Gasteiger partial charge in [0.1, 0.15) is 11.5 Å². The maximum Gasteiger partial charge on any atom is 0.419 e. The minimum absolute atomic E-state index is 0.186. The minimum atomic E-state index is -4.55. The number of halogens is 3. The van der Waals surface area contributed by atoms with Crippen molar-refractivity contribution < 1.29 is 27.4 Å². The summed E-state index contributed by atoms with van der Waals surface area (Å²) in [4.78, 5) is 17.9. The number of benzene rings is 1. The number of hydrogen-bond donors (Lipinski definition) is 0. The van der Waals surface area contributed by atoms with E-state index >= 15 is 0 Å². The van der Waals surface area contributed by atoms with Gasteiger partial charge in [-0.2, -0.15) is 13.2 Å². The second-order valence-electron chi connectivity index (χ2n) is 6.08. The molecule has 146 valence electrons. The molecule has 0 bridgehead atoms. The number of methoxy groups -OCH3 is 1. The number of likely N-dealkylation sites (N-methyl/N-ethyl adjacent to an activating group) is 1. The Morgan fingerprint density at radius 3 is 2.52 bits per heavy atom. The highest BCUT2D eigenvalue weighted by Crippen LogP contribution is 2.35. The summed E-state index contributed by atoms with van der Waals surface area (Å²) in [5.41, 5.74) is 1.41. The van der Waals surface area contributed by atoms with Gasteiger partial charge in [-0.3, -0.25) is 9.78 Å². The first-order chi connectivity index (χ1) is 12.6. The van der Waals surface area contributed by atoms with Crippen LogP contribution in [0.1, 0.15) is 22.4 Å². The number of alkyl halides is 3. The number of hydrogen-bond acceptors (Lipinski definition) is 4. The summed E-state index contributed by atoms with van der Waals surface area (Å²) in [6, 6.07) is 4.79. The second-order valence-corrected chi connectivity index (χ2v) is 6.08. The van der Waals surface area contributed by atoms with E-state index in [1.54, 1.807) is 13.3 Å². The largest absolute Gasteiger partial charge is 0.496 e. The minimum Gasteiger partial charge on any atom is -0.496 e. The maximum atomic E-state index is 13.0. The number of para-hydroxylation sites is 1. The highest BCUT2D eigenvalue weighted by Gasteiger charge is 2.34. The van der Waals surface area contributed by atoms with Crippen LogP contribution in [0.5, 0.6) is 11.5 Å². The normalized spacial score (nSPS) is 11.2. The van der Waals surface area contributed by atoms with Crippen molar-refractivity contribution in [2.45, 2.75) is 26.6 Å². The predicted octanol–water partition coefficient (Wildman–Crippen LogP) is 3.76. The number of rotatable bonds is 6. The van der Waals surface area contributed by atoms with Crippen LogP contribution in [0.15, 0.2) is 30.5 Å². The zero-order valence-electron chi connectivity index (χ0n) is 15.6. The Hall–Kier alpha value is -2.77. The number of ether oxygens (including phenoxy) is 2. The molecule has 0 saturated carbocycles. The molecule has 0 saturated heterocycles. The highest BCUT2D eigenvalue weighted by atomic mass is 19.4. The van der Waals surface area contributed by atoms with E-state index in [0.717, 1.165) is 17.2 Å². The molecule has 1 aromatic carbocycles. The second kappa shape index (κ2) is 8.28. The van der Waals surface area contributed by atoms with Crippen LogP contribution in [0.4, 0.5) is 13.2 Å². The first-order valence-electron chi connectivity index (χ1n) is 8.17. The molecule has 1 heterocycles. The van der Waals surface area contributed by atoms with Gasteiger partial charge in [0.25, 0.3) is 5.91 Å². The van der Waals surface area contributed by atoms with Crippen LogP contribution >= 0.6 is 0 Å². The molecule has 1 amide bonds. The summed E-state index contributed by atoms with van der Waals surface area (Å²) in [6.45, 7) is 3.38. The number of aromatic nitrogens is 1. The molecule has 2 rings (SSSR count). The maximum absolute atomic E-state index is 13.0. The summed E-state index contributed by atoms with van der Waals surface area (Å²) >= 11 is 0. The molecule has 0 atom stereocenters. The highest BCUT2D eigenvalue weighted by molar-refractivity contribution is 5.77. The van der Waals surface area contributed by atoms with Gasteiger partial charge in [0.05, 0.1) is 24.9 Å². The van der Waals surface area contributed by atoms with Crippen molar-refractivity contribution >= 4 is 5.91 Å². The fourth-order valence-corrected chi connectivity index (χ4v) is 2.62. The summed E-state index contributed by atoms with van der Waals surface area (Å²) in [5.74, 6) is -0.151. The van der Waals surface area contributed by atoms with E-state index in [1.807, 2.05) is 13.8 Å². The molecule has 0 N–H and O–H groups in total. The third kappa shape index (κ3) is 4.90. The molecule has 27 heavy (non-hydrogen) atoms. The number of amides is 1. The lowest BCUT2D eigenvalue weighted by atomic mass is 10.1. The van der Waals surface area contributed by atoms with Gasteiger partial charge >= 0.3 is 6.18 Å². The van der Waals surface area contributed by atoms with Crippen LogP contribution in [0.2, 0.25) is 0 Å². The first-order valence-corrected chi connectivity index (χ1v) is 8.17. The lowest BCUT2D eigenvalue weighted by Gasteiger charge is -2.20. The number of pyridine rings is 1. The Morgan fingerprint density at radius 1 is 1.22 bits per heavy atom. The predicted molar refractivity (Wildman–Crippen MR) is 93.7 cm³/mol. The smallest absolute Gasteiger partial charge is 0.419 e. The van der Waals surface area contributed by atoms with E-state index in [4.69, 9.17) is 9.47 Å². The lowest BCUT2D eigenvalue weighted by Crippen LogP contribution is -2.31. The summed E-state index contributed by atoms with van der Waals surface area (Å²) in [5, 5.41) is 0. The quantitative estimate of drug-likeness (QED) is 0.763. The summed E-state index contributed by atoms with van der Waals surface area (Å²) in [6.07, 6.45) is -2.90. The molecule has 0 aliphatic heterocycles. The molecule has 0 unspecified atom stereocenters. The molecule has 0 radical (unpaired) electrons. The van der Waals surface area contributed by atoms with Gasteiger partial charge in [-0.1, -0.05) is 12.1 Å². The Balaban J connectivity index is 2.06. The zero-order chi connectivity index (χ0) is 20.2. The van der Waals surface area contributed by atoms with Crippen molar-refractivity contribution in [2.24, 2.45) is 0 Å². The third-order valence-electron chi connectivity index (χ3n) is 4.11. The van der Waals surface area contributed by atoms with E-state index in [2.05, 4.69) is 4.98 Å². The van der Waals surface area contributed by atoms with Gasteiger partial charge < -0.3 is 14.4 Å². The van der Waals surface area contributed by atoms with Gasteiger partial charge in [0.2, 0.25) is 0 Å². The number of aryl methyl sites for hydroxylation is 1. The molecule has 0 fully saturated rings. The Morgan fingerprint density at radius 2 is 1.89 bits per heavy atom. The van der Waals surface area contributed by atoms with Crippen molar-refractivity contribution in [1.29, 1.82) is 0 Å². The van der Waals surface area contributed by atoms with Crippen molar-refractivity contribution in [3.05, 3.63) is 52.8 Å². The fraction of sp³-hybridized carbons (Fsp3) is 0.368. The fourth-order valence-electron chi connectivity index (χ4n) is 2.62. The molecular formula is C19H21F3N2O3. The van der Waals surface area contributed by atoms with Gasteiger partial charge in [-0.15, -0.1) is 0 Å². The van der Waals surface area contributed by atoms with Crippen LogP contribution in [0.3, 0.4) is 0 Å². The molecule has 5 nitrogen and oxygen atoms in total. The number of carbonyl (C=O) groups excluding carboxylic acids is 1. The van der Waals surface area contributed by atoms with Crippen molar-refractivity contribution in [1.82, 2.24) is 9.88 Å². The monoisotopic (exact) mass is 382 g/mol. The Bertz CT molecular complexity index is 822. The molecule has 8 heteroatoms. The summed E-state index contributed by atoms with van der Waals surface area (Å²) < 4.78 is 49.4. The van der Waals surface area contributed by atoms with E-state index in [9.17, 15) is 18.0 Å². The SMILES string of the molecule is COc1c(C)cnc(CN(C)C(=O)COc2ccccc2C(F)(F)F)c1C. The molecule has 0 aliphatic rings. The van der Waals surface area contributed by atoms with Crippen LogP contribution in [0.25, 0.3) is 0 Å². The first kappa shape index (κ1) is 20.5. The van der Waals surface area contributed by atoms with Gasteiger partial charge in [0.15, 0.2) is 6.61 Å². The average molecular weight is 382 g/mol. The van der Waals surface area contributed by atoms with Crippen molar-refractivity contribution in [3.8, 4) is 11.5 Å². The molecule has 1 aromatic heterocycles. The molecule has 0 spiro atoms. The van der Waals surface area contributed by atoms with E-state index in [1.165, 1.54) is 30.1 Å².